The molecule has 0 bridgehead atoms. The van der Waals surface area contributed by atoms with Crippen LogP contribution >= 0.6 is 0 Å². The van der Waals surface area contributed by atoms with Gasteiger partial charge in [0.05, 0.1) is 18.5 Å². The number of imidazole rings is 1. The zero-order chi connectivity index (χ0) is 35.7. The van der Waals surface area contributed by atoms with Gasteiger partial charge in [0, 0.05) is 6.20 Å². The molecular weight excluding hydrogens is 643 g/mol. The van der Waals surface area contributed by atoms with Crippen molar-refractivity contribution in [1.29, 1.82) is 0 Å². The first-order valence-corrected chi connectivity index (χ1v) is 15.4. The van der Waals surface area contributed by atoms with Crippen LogP contribution in [-0.2, 0) is 36.5 Å². The fraction of sp³-hybridized carbons (Fsp3) is 0.457. The third-order valence-electron chi connectivity index (χ3n) is 7.02. The van der Waals surface area contributed by atoms with E-state index < -0.39 is 58.8 Å². The Morgan fingerprint density at radius 2 is 1.57 bits per heavy atom. The molecular formula is C35H46F3N5O6. The minimum atomic E-state index is -4.56. The fourth-order valence-electron chi connectivity index (χ4n) is 4.64. The Kier molecular flexibility index (Phi) is 14.0. The van der Waals surface area contributed by atoms with E-state index in [0.29, 0.717) is 12.8 Å². The molecule has 2 atom stereocenters. The number of carbonyl (C=O) groups excluding carboxylic acids is 4. The number of nitrogens with zero attached hydrogens (tertiary/aromatic N) is 2. The van der Waals surface area contributed by atoms with Gasteiger partial charge in [0.1, 0.15) is 17.2 Å². The van der Waals surface area contributed by atoms with Crippen molar-refractivity contribution in [2.45, 2.75) is 97.6 Å². The van der Waals surface area contributed by atoms with Crippen molar-refractivity contribution in [2.24, 2.45) is 0 Å². The molecule has 49 heavy (non-hydrogen) atoms. The van der Waals surface area contributed by atoms with Crippen molar-refractivity contribution in [1.82, 2.24) is 20.2 Å². The number of alkyl halides is 3. The molecule has 0 spiro atoms. The Morgan fingerprint density at radius 1 is 0.939 bits per heavy atom. The van der Waals surface area contributed by atoms with Crippen LogP contribution in [0.3, 0.4) is 0 Å². The molecule has 14 heteroatoms. The molecule has 0 aliphatic heterocycles. The summed E-state index contributed by atoms with van der Waals surface area (Å²) in [4.78, 5) is 56.4. The number of ether oxygens (including phenoxy) is 2. The normalized spacial score (nSPS) is 12.9. The van der Waals surface area contributed by atoms with Gasteiger partial charge in [-0.3, -0.25) is 9.59 Å². The largest absolute Gasteiger partial charge is 0.464 e. The first-order chi connectivity index (χ1) is 22.4. The Bertz CT molecular complexity index is 1550. The lowest BCUT2D eigenvalue weighted by Crippen LogP contribution is -2.58. The number of hydrogen-bond donors (Lipinski definition) is 3. The highest BCUT2D eigenvalue weighted by atomic mass is 19.4. The summed E-state index contributed by atoms with van der Waals surface area (Å²) in [5.74, 6) is -1.96. The molecule has 1 heterocycles. The topological polar surface area (TPSA) is 141 Å². The molecule has 3 amide bonds. The van der Waals surface area contributed by atoms with Gasteiger partial charge in [0.15, 0.2) is 11.9 Å². The van der Waals surface area contributed by atoms with Gasteiger partial charge in [-0.05, 0) is 84.1 Å². The highest BCUT2D eigenvalue weighted by molar-refractivity contribution is 5.98. The van der Waals surface area contributed by atoms with Crippen molar-refractivity contribution >= 4 is 29.7 Å². The highest BCUT2D eigenvalue weighted by Crippen LogP contribution is 2.31. The maximum Gasteiger partial charge on any atom is 0.416 e. The number of carbonyl (C=O) groups is 4. The van der Waals surface area contributed by atoms with Crippen LogP contribution in [0.2, 0.25) is 0 Å². The van der Waals surface area contributed by atoms with Crippen LogP contribution in [-0.4, -0.2) is 57.2 Å². The zero-order valence-corrected chi connectivity index (χ0v) is 27.8. The van der Waals surface area contributed by atoms with Gasteiger partial charge in [0.25, 0.3) is 0 Å². The first-order valence-electron chi connectivity index (χ1n) is 15.4. The third-order valence-corrected chi connectivity index (χ3v) is 7.02. The van der Waals surface area contributed by atoms with E-state index in [2.05, 4.69) is 20.9 Å². The van der Waals surface area contributed by atoms with E-state index in [4.69, 9.17) is 9.47 Å². The lowest BCUT2D eigenvalue weighted by molar-refractivity contribution is -0.145. The minimum Gasteiger partial charge on any atom is -0.464 e. The second-order valence-electron chi connectivity index (χ2n) is 12.6. The van der Waals surface area contributed by atoms with E-state index in [9.17, 15) is 32.3 Å². The van der Waals surface area contributed by atoms with Crippen LogP contribution in [0.4, 0.5) is 23.8 Å². The summed E-state index contributed by atoms with van der Waals surface area (Å²) < 4.78 is 51.2. The molecule has 0 radical (unpaired) electrons. The molecule has 2 unspecified atom stereocenters. The monoisotopic (exact) mass is 689 g/mol. The predicted octanol–water partition coefficient (Wildman–Crippen LogP) is 6.44. The smallest absolute Gasteiger partial charge is 0.416 e. The van der Waals surface area contributed by atoms with E-state index in [0.717, 1.165) is 17.7 Å². The van der Waals surface area contributed by atoms with Crippen molar-refractivity contribution in [3.8, 4) is 0 Å². The van der Waals surface area contributed by atoms with Crippen LogP contribution < -0.4 is 16.0 Å². The van der Waals surface area contributed by atoms with E-state index in [1.54, 1.807) is 27.7 Å². The number of halogens is 3. The molecule has 3 N–H and O–H groups in total. The lowest BCUT2D eigenvalue weighted by atomic mass is 10.0. The number of aromatic nitrogens is 2. The number of esters is 1. The molecule has 268 valence electrons. The van der Waals surface area contributed by atoms with E-state index in [-0.39, 0.29) is 31.8 Å². The maximum absolute atomic E-state index is 13.6. The Morgan fingerprint density at radius 3 is 2.14 bits per heavy atom. The summed E-state index contributed by atoms with van der Waals surface area (Å²) in [6.07, 6.45) is -1.40. The SMILES string of the molecule is C.CCOC(=O)C(c1ccc(C(F)(F)F)cc1)n1cnc(NC(=O)C(CCCc2ccccc2)NC(=O)C(C)(C)NC(=O)OC(C)(C)C)c1. The van der Waals surface area contributed by atoms with Gasteiger partial charge in [-0.1, -0.05) is 49.9 Å². The first kappa shape index (κ1) is 40.3. The number of alkyl carbamates (subject to hydrolysis) is 1. The third kappa shape index (κ3) is 12.3. The summed E-state index contributed by atoms with van der Waals surface area (Å²) >= 11 is 0. The standard InChI is InChI=1S/C34H42F3N5O6.CH4/c1-7-47-29(44)27(23-16-18-24(19-17-23)34(35,36)37)42-20-26(38-21-42)40-28(43)25(15-11-14-22-12-9-8-10-13-22)39-30(45)33(5,6)41-31(46)48-32(2,3)4;/h8-10,12-13,16-21,25,27H,7,11,14-15H2,1-6H3,(H,39,45)(H,40,43)(H,41,46);1H4. The number of aryl methyl sites for hydroxylation is 1. The summed E-state index contributed by atoms with van der Waals surface area (Å²) in [6, 6.07) is 11.4. The predicted molar refractivity (Wildman–Crippen MR) is 179 cm³/mol. The Balaban J connectivity index is 0.00000833. The Hall–Kier alpha value is -4.88. The number of amides is 3. The molecule has 0 saturated carbocycles. The number of hydrogen-bond acceptors (Lipinski definition) is 7. The highest BCUT2D eigenvalue weighted by Gasteiger charge is 2.35. The molecule has 0 aliphatic carbocycles. The van der Waals surface area contributed by atoms with Crippen LogP contribution in [0.15, 0.2) is 67.1 Å². The molecule has 0 fully saturated rings. The second-order valence-corrected chi connectivity index (χ2v) is 12.6. The molecule has 0 aliphatic rings. The summed E-state index contributed by atoms with van der Waals surface area (Å²) in [5.41, 5.74) is -1.86. The number of rotatable bonds is 13. The zero-order valence-electron chi connectivity index (χ0n) is 27.8. The molecule has 2 aromatic carbocycles. The van der Waals surface area contributed by atoms with E-state index in [1.165, 1.54) is 43.1 Å². The van der Waals surface area contributed by atoms with Gasteiger partial charge >= 0.3 is 18.2 Å². The molecule has 0 saturated heterocycles. The van der Waals surface area contributed by atoms with Crippen molar-refractivity contribution in [3.05, 3.63) is 83.8 Å². The quantitative estimate of drug-likeness (QED) is 0.176. The summed E-state index contributed by atoms with van der Waals surface area (Å²) in [6.45, 7) is 9.63. The number of nitrogens with one attached hydrogen (secondary N) is 3. The Labute approximate surface area is 285 Å². The van der Waals surface area contributed by atoms with Crippen LogP contribution in [0.25, 0.3) is 0 Å². The van der Waals surface area contributed by atoms with Crippen molar-refractivity contribution in [2.75, 3.05) is 11.9 Å². The molecule has 3 aromatic rings. The number of benzene rings is 2. The lowest BCUT2D eigenvalue weighted by Gasteiger charge is -2.29. The van der Waals surface area contributed by atoms with Crippen LogP contribution in [0.5, 0.6) is 0 Å². The number of anilines is 1. The van der Waals surface area contributed by atoms with Gasteiger partial charge < -0.3 is 30.0 Å². The van der Waals surface area contributed by atoms with Crippen LogP contribution in [0.1, 0.15) is 84.5 Å². The average Bonchev–Trinajstić information content (AvgIpc) is 3.43. The van der Waals surface area contributed by atoms with Gasteiger partial charge in [-0.15, -0.1) is 0 Å². The average molecular weight is 690 g/mol. The van der Waals surface area contributed by atoms with Gasteiger partial charge in [-0.2, -0.15) is 13.2 Å². The van der Waals surface area contributed by atoms with Crippen molar-refractivity contribution in [3.63, 3.8) is 0 Å². The molecule has 11 nitrogen and oxygen atoms in total. The molecule has 1 aromatic heterocycles. The van der Waals surface area contributed by atoms with Gasteiger partial charge in [0.2, 0.25) is 11.8 Å². The van der Waals surface area contributed by atoms with Crippen LogP contribution in [0, 0.1) is 0 Å². The maximum atomic E-state index is 13.6. The van der Waals surface area contributed by atoms with Crippen molar-refractivity contribution < 1.29 is 41.8 Å². The van der Waals surface area contributed by atoms with Gasteiger partial charge in [-0.25, -0.2) is 14.6 Å². The minimum absolute atomic E-state index is 0. The summed E-state index contributed by atoms with van der Waals surface area (Å²) in [5, 5.41) is 7.89. The van der Waals surface area contributed by atoms with E-state index in [1.807, 2.05) is 30.3 Å². The molecule has 3 rings (SSSR count). The fourth-order valence-corrected chi connectivity index (χ4v) is 4.64. The summed E-state index contributed by atoms with van der Waals surface area (Å²) in [7, 11) is 0. The second kappa shape index (κ2) is 17.0. The van der Waals surface area contributed by atoms with E-state index >= 15 is 0 Å².